The Balaban J connectivity index is 1.96. The fourth-order valence-electron chi connectivity index (χ4n) is 3.24. The second-order valence-electron chi connectivity index (χ2n) is 5.72. The maximum atomic E-state index is 12.2. The van der Waals surface area contributed by atoms with E-state index in [0.717, 1.165) is 27.6 Å². The molecule has 0 saturated heterocycles. The molecule has 1 N–H and O–H groups in total. The molecule has 114 valence electrons. The number of carbonyl (C=O) groups excluding carboxylic acids is 1. The Labute approximate surface area is 144 Å². The average molecular weight is 342 g/mol. The molecule has 2 nitrogen and oxygen atoms in total. The van der Waals surface area contributed by atoms with Crippen LogP contribution in [0.3, 0.4) is 0 Å². The van der Waals surface area contributed by atoms with Crippen molar-refractivity contribution in [2.24, 2.45) is 0 Å². The molecule has 0 spiro atoms. The first-order valence-electron chi connectivity index (χ1n) is 7.40. The van der Waals surface area contributed by atoms with Crippen molar-refractivity contribution in [1.29, 1.82) is 0 Å². The van der Waals surface area contributed by atoms with Gasteiger partial charge in [-0.25, -0.2) is 0 Å². The SMILES string of the molecule is O=C1CC(c2ccc(Cl)cc2)c2cc(Cl)c3ccccc3c2N1. The number of hydrogen-bond acceptors (Lipinski definition) is 1. The highest BCUT2D eigenvalue weighted by Crippen LogP contribution is 2.43. The normalized spacial score (nSPS) is 17.0. The molecule has 1 heterocycles. The summed E-state index contributed by atoms with van der Waals surface area (Å²) in [6.07, 6.45) is 0.406. The van der Waals surface area contributed by atoms with Gasteiger partial charge < -0.3 is 5.32 Å². The quantitative estimate of drug-likeness (QED) is 0.611. The third-order valence-electron chi connectivity index (χ3n) is 4.33. The van der Waals surface area contributed by atoms with Crippen molar-refractivity contribution in [3.05, 3.63) is 75.8 Å². The molecule has 1 amide bonds. The number of halogens is 2. The number of benzene rings is 3. The first-order chi connectivity index (χ1) is 11.1. The number of nitrogens with one attached hydrogen (secondary N) is 1. The summed E-state index contributed by atoms with van der Waals surface area (Å²) < 4.78 is 0. The number of anilines is 1. The van der Waals surface area contributed by atoms with Gasteiger partial charge in [0, 0.05) is 33.2 Å². The van der Waals surface area contributed by atoms with Crippen molar-refractivity contribution >= 4 is 45.6 Å². The van der Waals surface area contributed by atoms with Gasteiger partial charge in [0.05, 0.1) is 5.69 Å². The fourth-order valence-corrected chi connectivity index (χ4v) is 3.65. The number of rotatable bonds is 1. The van der Waals surface area contributed by atoms with E-state index < -0.39 is 0 Å². The zero-order valence-electron chi connectivity index (χ0n) is 12.1. The first-order valence-corrected chi connectivity index (χ1v) is 8.15. The minimum Gasteiger partial charge on any atom is -0.325 e. The van der Waals surface area contributed by atoms with E-state index in [9.17, 15) is 4.79 Å². The van der Waals surface area contributed by atoms with E-state index in [0.29, 0.717) is 16.5 Å². The predicted molar refractivity (Wildman–Crippen MR) is 95.5 cm³/mol. The van der Waals surface area contributed by atoms with Crippen molar-refractivity contribution in [2.75, 3.05) is 5.32 Å². The lowest BCUT2D eigenvalue weighted by Gasteiger charge is -2.27. The van der Waals surface area contributed by atoms with Gasteiger partial charge >= 0.3 is 0 Å². The van der Waals surface area contributed by atoms with Crippen molar-refractivity contribution < 1.29 is 4.79 Å². The lowest BCUT2D eigenvalue weighted by Crippen LogP contribution is -2.23. The Bertz CT molecular complexity index is 919. The molecule has 3 aromatic rings. The van der Waals surface area contributed by atoms with Gasteiger partial charge in [0.2, 0.25) is 5.91 Å². The molecule has 1 unspecified atom stereocenters. The molecule has 0 saturated carbocycles. The number of carbonyl (C=O) groups is 1. The van der Waals surface area contributed by atoms with Crippen LogP contribution in [0.2, 0.25) is 10.0 Å². The summed E-state index contributed by atoms with van der Waals surface area (Å²) in [7, 11) is 0. The smallest absolute Gasteiger partial charge is 0.225 e. The van der Waals surface area contributed by atoms with Crippen molar-refractivity contribution in [3.63, 3.8) is 0 Å². The van der Waals surface area contributed by atoms with E-state index in [-0.39, 0.29) is 11.8 Å². The zero-order valence-corrected chi connectivity index (χ0v) is 13.7. The van der Waals surface area contributed by atoms with Crippen LogP contribution in [0.5, 0.6) is 0 Å². The fraction of sp³-hybridized carbons (Fsp3) is 0.105. The third kappa shape index (κ3) is 2.48. The predicted octanol–water partition coefficient (Wildman–Crippen LogP) is 5.62. The molecule has 3 aromatic carbocycles. The van der Waals surface area contributed by atoms with Gasteiger partial charge in [-0.1, -0.05) is 59.6 Å². The van der Waals surface area contributed by atoms with Crippen LogP contribution in [-0.4, -0.2) is 5.91 Å². The summed E-state index contributed by atoms with van der Waals surface area (Å²) >= 11 is 12.5. The first kappa shape index (κ1) is 14.6. The van der Waals surface area contributed by atoms with Crippen molar-refractivity contribution in [2.45, 2.75) is 12.3 Å². The van der Waals surface area contributed by atoms with Crippen LogP contribution in [0.4, 0.5) is 5.69 Å². The molecule has 1 aliphatic rings. The minimum absolute atomic E-state index is 0.0156. The van der Waals surface area contributed by atoms with E-state index >= 15 is 0 Å². The molecule has 0 fully saturated rings. The van der Waals surface area contributed by atoms with Gasteiger partial charge in [0.15, 0.2) is 0 Å². The van der Waals surface area contributed by atoms with Crippen LogP contribution in [0.25, 0.3) is 10.8 Å². The highest BCUT2D eigenvalue weighted by molar-refractivity contribution is 6.36. The molecule has 0 aromatic heterocycles. The standard InChI is InChI=1S/C19H13Cl2NO/c20-12-7-5-11(6-8-12)15-10-18(23)22-19-14-4-2-1-3-13(14)17(21)9-16(15)19/h1-9,15H,10H2,(H,22,23). The monoisotopic (exact) mass is 341 g/mol. The maximum Gasteiger partial charge on any atom is 0.225 e. The summed E-state index contributed by atoms with van der Waals surface area (Å²) in [6, 6.07) is 17.5. The maximum absolute atomic E-state index is 12.2. The van der Waals surface area contributed by atoms with Crippen LogP contribution < -0.4 is 5.32 Å². The van der Waals surface area contributed by atoms with Crippen LogP contribution in [0.1, 0.15) is 23.5 Å². The number of hydrogen-bond donors (Lipinski definition) is 1. The highest BCUT2D eigenvalue weighted by Gasteiger charge is 2.28. The summed E-state index contributed by atoms with van der Waals surface area (Å²) in [5.41, 5.74) is 2.98. The summed E-state index contributed by atoms with van der Waals surface area (Å²) in [5.74, 6) is 0.00282. The van der Waals surface area contributed by atoms with Crippen LogP contribution >= 0.6 is 23.2 Å². The Hall–Kier alpha value is -2.03. The average Bonchev–Trinajstić information content (AvgIpc) is 2.56. The number of amides is 1. The third-order valence-corrected chi connectivity index (χ3v) is 4.89. The van der Waals surface area contributed by atoms with Crippen molar-refractivity contribution in [1.82, 2.24) is 0 Å². The Morgan fingerprint density at radius 2 is 1.65 bits per heavy atom. The molecule has 0 aliphatic carbocycles. The molecule has 1 atom stereocenters. The molecule has 4 rings (SSSR count). The molecule has 1 aliphatic heterocycles. The second-order valence-corrected chi connectivity index (χ2v) is 6.57. The van der Waals surface area contributed by atoms with Gasteiger partial charge in [-0.15, -0.1) is 0 Å². The lowest BCUT2D eigenvalue weighted by molar-refractivity contribution is -0.116. The molecular formula is C19H13Cl2NO. The van der Waals surface area contributed by atoms with Gasteiger partial charge in [-0.3, -0.25) is 4.79 Å². The van der Waals surface area contributed by atoms with Crippen LogP contribution in [-0.2, 0) is 4.79 Å². The Morgan fingerprint density at radius 3 is 2.39 bits per heavy atom. The van der Waals surface area contributed by atoms with Gasteiger partial charge in [0.1, 0.15) is 0 Å². The minimum atomic E-state index is -0.0156. The summed E-state index contributed by atoms with van der Waals surface area (Å²) in [5, 5.41) is 6.33. The summed E-state index contributed by atoms with van der Waals surface area (Å²) in [6.45, 7) is 0. The van der Waals surface area contributed by atoms with Crippen LogP contribution in [0, 0.1) is 0 Å². The summed E-state index contributed by atoms with van der Waals surface area (Å²) in [4.78, 5) is 12.2. The molecular weight excluding hydrogens is 329 g/mol. The molecule has 0 bridgehead atoms. The lowest BCUT2D eigenvalue weighted by atomic mass is 9.83. The van der Waals surface area contributed by atoms with Gasteiger partial charge in [-0.05, 0) is 29.3 Å². The van der Waals surface area contributed by atoms with Crippen molar-refractivity contribution in [3.8, 4) is 0 Å². The zero-order chi connectivity index (χ0) is 16.0. The van der Waals surface area contributed by atoms with E-state index in [2.05, 4.69) is 5.32 Å². The van der Waals surface area contributed by atoms with E-state index in [1.807, 2.05) is 54.6 Å². The highest BCUT2D eigenvalue weighted by atomic mass is 35.5. The molecule has 4 heteroatoms. The van der Waals surface area contributed by atoms with E-state index in [1.165, 1.54) is 0 Å². The van der Waals surface area contributed by atoms with Gasteiger partial charge in [0.25, 0.3) is 0 Å². The molecule has 23 heavy (non-hydrogen) atoms. The van der Waals surface area contributed by atoms with E-state index in [4.69, 9.17) is 23.2 Å². The number of fused-ring (bicyclic) bond motifs is 3. The Kier molecular flexibility index (Phi) is 3.51. The second kappa shape index (κ2) is 5.55. The van der Waals surface area contributed by atoms with Gasteiger partial charge in [-0.2, -0.15) is 0 Å². The van der Waals surface area contributed by atoms with Crippen LogP contribution in [0.15, 0.2) is 54.6 Å². The Morgan fingerprint density at radius 1 is 0.957 bits per heavy atom. The largest absolute Gasteiger partial charge is 0.325 e. The topological polar surface area (TPSA) is 29.1 Å². The molecule has 0 radical (unpaired) electrons. The van der Waals surface area contributed by atoms with E-state index in [1.54, 1.807) is 0 Å².